The van der Waals surface area contributed by atoms with Gasteiger partial charge in [-0.25, -0.2) is 8.78 Å². The molecule has 17 heavy (non-hydrogen) atoms. The van der Waals surface area contributed by atoms with Crippen LogP contribution in [0.1, 0.15) is 36.8 Å². The predicted octanol–water partition coefficient (Wildman–Crippen LogP) is 2.22. The van der Waals surface area contributed by atoms with Crippen molar-refractivity contribution in [2.24, 2.45) is 5.73 Å². The third kappa shape index (κ3) is 2.79. The van der Waals surface area contributed by atoms with Crippen LogP contribution in [-0.2, 0) is 4.79 Å². The molecule has 1 rings (SSSR count). The summed E-state index contributed by atoms with van der Waals surface area (Å²) in [7, 11) is 0. The minimum atomic E-state index is -1.22. The average molecular weight is 243 g/mol. The Balaban J connectivity index is 3.33. The average Bonchev–Trinajstić information content (AvgIpc) is 2.21. The minimum Gasteiger partial charge on any atom is -0.481 e. The van der Waals surface area contributed by atoms with E-state index in [9.17, 15) is 13.6 Å². The molecule has 0 spiro atoms. The Labute approximate surface area is 98.2 Å². The molecule has 0 amide bonds. The maximum Gasteiger partial charge on any atom is 0.312 e. The molecule has 3 nitrogen and oxygen atoms in total. The Morgan fingerprint density at radius 2 is 1.82 bits per heavy atom. The van der Waals surface area contributed by atoms with Gasteiger partial charge in [0.15, 0.2) is 0 Å². The van der Waals surface area contributed by atoms with E-state index >= 15 is 0 Å². The molecule has 0 bridgehead atoms. The molecule has 1 unspecified atom stereocenters. The van der Waals surface area contributed by atoms with E-state index in [2.05, 4.69) is 0 Å². The number of rotatable bonds is 4. The second-order valence-corrected chi connectivity index (χ2v) is 4.18. The first-order chi connectivity index (χ1) is 7.88. The molecule has 94 valence electrons. The molecular formula is C12H15F2NO2. The molecule has 0 fully saturated rings. The zero-order valence-electron chi connectivity index (χ0n) is 9.71. The first-order valence-corrected chi connectivity index (χ1v) is 5.30. The molecule has 0 aliphatic heterocycles. The molecule has 1 aromatic carbocycles. The van der Waals surface area contributed by atoms with E-state index in [1.54, 1.807) is 13.8 Å². The number of benzene rings is 1. The maximum atomic E-state index is 13.5. The first-order valence-electron chi connectivity index (χ1n) is 5.30. The van der Waals surface area contributed by atoms with Crippen LogP contribution in [0.2, 0.25) is 0 Å². The summed E-state index contributed by atoms with van der Waals surface area (Å²) in [4.78, 5) is 10.9. The second-order valence-electron chi connectivity index (χ2n) is 4.18. The third-order valence-corrected chi connectivity index (χ3v) is 2.65. The number of hydrogen-bond acceptors (Lipinski definition) is 2. The molecule has 5 heteroatoms. The standard InChI is InChI=1S/C12H15F2NO2/c1-6(2)7-3-8(9(5-15)12(16)17)11(14)4-10(7)13/h3-4,6,9H,5,15H2,1-2H3,(H,16,17). The molecule has 3 N–H and O–H groups in total. The normalized spacial score (nSPS) is 12.8. The number of nitrogens with two attached hydrogens (primary N) is 1. The molecule has 0 radical (unpaired) electrons. The van der Waals surface area contributed by atoms with E-state index in [4.69, 9.17) is 10.8 Å². The predicted molar refractivity (Wildman–Crippen MR) is 59.9 cm³/mol. The number of aliphatic carboxylic acids is 1. The van der Waals surface area contributed by atoms with Crippen molar-refractivity contribution in [1.82, 2.24) is 0 Å². The van der Waals surface area contributed by atoms with Crippen LogP contribution in [0, 0.1) is 11.6 Å². The summed E-state index contributed by atoms with van der Waals surface area (Å²) >= 11 is 0. The molecule has 0 aliphatic carbocycles. The van der Waals surface area contributed by atoms with Gasteiger partial charge in [0.05, 0.1) is 5.92 Å². The van der Waals surface area contributed by atoms with Gasteiger partial charge >= 0.3 is 5.97 Å². The Kier molecular flexibility index (Phi) is 4.17. The highest BCUT2D eigenvalue weighted by Crippen LogP contribution is 2.26. The Bertz CT molecular complexity index is 433. The van der Waals surface area contributed by atoms with Gasteiger partial charge in [0.2, 0.25) is 0 Å². The highest BCUT2D eigenvalue weighted by atomic mass is 19.1. The van der Waals surface area contributed by atoms with Crippen molar-refractivity contribution >= 4 is 5.97 Å². The molecule has 1 atom stereocenters. The lowest BCUT2D eigenvalue weighted by molar-refractivity contribution is -0.138. The lowest BCUT2D eigenvalue weighted by Gasteiger charge is -2.15. The van der Waals surface area contributed by atoms with Crippen LogP contribution in [0.5, 0.6) is 0 Å². The summed E-state index contributed by atoms with van der Waals surface area (Å²) in [5.41, 5.74) is 5.53. The van der Waals surface area contributed by atoms with Crippen molar-refractivity contribution in [3.8, 4) is 0 Å². The Hall–Kier alpha value is -1.49. The highest BCUT2D eigenvalue weighted by Gasteiger charge is 2.24. The molecule has 0 aromatic heterocycles. The molecule has 1 aromatic rings. The molecule has 0 saturated heterocycles. The molecular weight excluding hydrogens is 228 g/mol. The van der Waals surface area contributed by atoms with Gasteiger partial charge in [-0.2, -0.15) is 0 Å². The SMILES string of the molecule is CC(C)c1cc(C(CN)C(=O)O)c(F)cc1F. The zero-order chi connectivity index (χ0) is 13.2. The van der Waals surface area contributed by atoms with E-state index in [-0.39, 0.29) is 18.0 Å². The third-order valence-electron chi connectivity index (χ3n) is 2.65. The van der Waals surface area contributed by atoms with E-state index < -0.39 is 23.5 Å². The van der Waals surface area contributed by atoms with E-state index in [0.717, 1.165) is 6.07 Å². The van der Waals surface area contributed by atoms with Gasteiger partial charge < -0.3 is 10.8 Å². The summed E-state index contributed by atoms with van der Waals surface area (Å²) in [6, 6.07) is 1.97. The lowest BCUT2D eigenvalue weighted by atomic mass is 9.93. The van der Waals surface area contributed by atoms with Crippen LogP contribution >= 0.6 is 0 Å². The lowest BCUT2D eigenvalue weighted by Crippen LogP contribution is -2.22. The molecule has 0 saturated carbocycles. The Morgan fingerprint density at radius 1 is 1.29 bits per heavy atom. The summed E-state index contributed by atoms with van der Waals surface area (Å²) < 4.78 is 27.0. The zero-order valence-corrected chi connectivity index (χ0v) is 9.71. The van der Waals surface area contributed by atoms with E-state index in [1.807, 2.05) is 0 Å². The van der Waals surface area contributed by atoms with Crippen LogP contribution < -0.4 is 5.73 Å². The van der Waals surface area contributed by atoms with Gasteiger partial charge in [-0.1, -0.05) is 13.8 Å². The Morgan fingerprint density at radius 3 is 2.24 bits per heavy atom. The van der Waals surface area contributed by atoms with Crippen molar-refractivity contribution in [1.29, 1.82) is 0 Å². The van der Waals surface area contributed by atoms with Crippen molar-refractivity contribution in [2.45, 2.75) is 25.7 Å². The van der Waals surface area contributed by atoms with Gasteiger partial charge in [-0.15, -0.1) is 0 Å². The van der Waals surface area contributed by atoms with E-state index in [0.29, 0.717) is 5.56 Å². The number of carboxylic acids is 1. The van der Waals surface area contributed by atoms with Gasteiger partial charge in [0.1, 0.15) is 11.6 Å². The van der Waals surface area contributed by atoms with Crippen LogP contribution in [0.4, 0.5) is 8.78 Å². The number of carbonyl (C=O) groups is 1. The van der Waals surface area contributed by atoms with Crippen molar-refractivity contribution in [2.75, 3.05) is 6.54 Å². The van der Waals surface area contributed by atoms with Gasteiger partial charge in [-0.3, -0.25) is 4.79 Å². The van der Waals surface area contributed by atoms with Gasteiger partial charge in [0, 0.05) is 18.2 Å². The fraction of sp³-hybridized carbons (Fsp3) is 0.417. The van der Waals surface area contributed by atoms with Crippen LogP contribution in [0.15, 0.2) is 12.1 Å². The maximum absolute atomic E-state index is 13.5. The number of carboxylic acid groups (broad SMARTS) is 1. The smallest absolute Gasteiger partial charge is 0.312 e. The summed E-state index contributed by atoms with van der Waals surface area (Å²) in [6.45, 7) is 3.27. The van der Waals surface area contributed by atoms with Crippen molar-refractivity contribution in [3.05, 3.63) is 34.9 Å². The van der Waals surface area contributed by atoms with Crippen LogP contribution in [0.25, 0.3) is 0 Å². The highest BCUT2D eigenvalue weighted by molar-refractivity contribution is 5.76. The monoisotopic (exact) mass is 243 g/mol. The minimum absolute atomic E-state index is 0.0647. The van der Waals surface area contributed by atoms with Gasteiger partial charge in [0.25, 0.3) is 0 Å². The summed E-state index contributed by atoms with van der Waals surface area (Å²) in [5.74, 6) is -4.05. The number of hydrogen-bond donors (Lipinski definition) is 2. The fourth-order valence-electron chi connectivity index (χ4n) is 1.65. The fourth-order valence-corrected chi connectivity index (χ4v) is 1.65. The quantitative estimate of drug-likeness (QED) is 0.852. The van der Waals surface area contributed by atoms with Crippen molar-refractivity contribution < 1.29 is 18.7 Å². The largest absolute Gasteiger partial charge is 0.481 e. The first kappa shape index (κ1) is 13.6. The molecule has 0 heterocycles. The second kappa shape index (κ2) is 5.23. The molecule has 0 aliphatic rings. The summed E-state index contributed by atoms with van der Waals surface area (Å²) in [5, 5.41) is 8.91. The van der Waals surface area contributed by atoms with Crippen molar-refractivity contribution in [3.63, 3.8) is 0 Å². The number of halogens is 2. The topological polar surface area (TPSA) is 63.3 Å². The van der Waals surface area contributed by atoms with Crippen LogP contribution in [0.3, 0.4) is 0 Å². The van der Waals surface area contributed by atoms with E-state index in [1.165, 1.54) is 6.07 Å². The summed E-state index contributed by atoms with van der Waals surface area (Å²) in [6.07, 6.45) is 0. The van der Waals surface area contributed by atoms with Gasteiger partial charge in [-0.05, 0) is 17.5 Å². The van der Waals surface area contributed by atoms with Crippen LogP contribution in [-0.4, -0.2) is 17.6 Å².